The van der Waals surface area contributed by atoms with Crippen LogP contribution in [0.2, 0.25) is 0 Å². The van der Waals surface area contributed by atoms with Crippen LogP contribution in [0, 0.1) is 0 Å². The Morgan fingerprint density at radius 2 is 1.93 bits per heavy atom. The van der Waals surface area contributed by atoms with Crippen LogP contribution in [0.5, 0.6) is 5.75 Å². The number of hydrogen-bond donors (Lipinski definition) is 0. The highest BCUT2D eigenvalue weighted by Gasteiger charge is 2.23. The van der Waals surface area contributed by atoms with Gasteiger partial charge in [0.25, 0.3) is 5.91 Å². The number of benzene rings is 2. The molecule has 5 nitrogen and oxygen atoms in total. The minimum absolute atomic E-state index is 0.0191. The Labute approximate surface area is 166 Å². The minimum atomic E-state index is -0.0732. The van der Waals surface area contributed by atoms with Gasteiger partial charge in [-0.15, -0.1) is 0 Å². The highest BCUT2D eigenvalue weighted by Crippen LogP contribution is 2.26. The van der Waals surface area contributed by atoms with Gasteiger partial charge in [0, 0.05) is 30.8 Å². The van der Waals surface area contributed by atoms with Crippen molar-refractivity contribution in [1.29, 1.82) is 0 Å². The van der Waals surface area contributed by atoms with Crippen molar-refractivity contribution < 1.29 is 14.3 Å². The molecular weight excluding hydrogens is 352 g/mol. The van der Waals surface area contributed by atoms with Crippen molar-refractivity contribution in [2.24, 2.45) is 0 Å². The second-order valence-corrected chi connectivity index (χ2v) is 7.09. The molecule has 1 heterocycles. The summed E-state index contributed by atoms with van der Waals surface area (Å²) in [5.41, 5.74) is 2.53. The number of piperidine rings is 1. The molecule has 0 spiro atoms. The van der Waals surface area contributed by atoms with Crippen LogP contribution in [-0.2, 0) is 4.79 Å². The van der Waals surface area contributed by atoms with Crippen molar-refractivity contribution >= 4 is 17.5 Å². The van der Waals surface area contributed by atoms with E-state index in [9.17, 15) is 9.59 Å². The Bertz CT molecular complexity index is 832. The number of carbonyl (C=O) groups is 2. The number of carbonyl (C=O) groups excluding carboxylic acids is 2. The first kappa shape index (κ1) is 19.9. The molecule has 1 fully saturated rings. The van der Waals surface area contributed by atoms with Crippen molar-refractivity contribution in [3.63, 3.8) is 0 Å². The third-order valence-corrected chi connectivity index (χ3v) is 5.39. The third-order valence-electron chi connectivity index (χ3n) is 5.39. The Hall–Kier alpha value is -2.82. The molecule has 148 valence electrons. The summed E-state index contributed by atoms with van der Waals surface area (Å²) in [7, 11) is 1.64. The van der Waals surface area contributed by atoms with Gasteiger partial charge in [-0.1, -0.05) is 12.1 Å². The highest BCUT2D eigenvalue weighted by molar-refractivity contribution is 5.97. The zero-order valence-corrected chi connectivity index (χ0v) is 16.9. The first-order chi connectivity index (χ1) is 13.5. The molecule has 0 radical (unpaired) electrons. The summed E-state index contributed by atoms with van der Waals surface area (Å²) in [6, 6.07) is 15.1. The van der Waals surface area contributed by atoms with Crippen LogP contribution in [-0.4, -0.2) is 36.9 Å². The molecule has 0 N–H and O–H groups in total. The largest absolute Gasteiger partial charge is 0.497 e. The van der Waals surface area contributed by atoms with Gasteiger partial charge in [0.05, 0.1) is 13.2 Å². The summed E-state index contributed by atoms with van der Waals surface area (Å²) in [4.78, 5) is 28.9. The van der Waals surface area contributed by atoms with E-state index in [1.807, 2.05) is 72.2 Å². The summed E-state index contributed by atoms with van der Waals surface area (Å²) < 4.78 is 5.31. The summed E-state index contributed by atoms with van der Waals surface area (Å²) in [6.45, 7) is 5.36. The molecule has 1 saturated heterocycles. The SMILES string of the molecule is CCN(C(=O)c1ccc(N2CCCCC2=O)cc1)C(C)c1cccc(OC)c1. The lowest BCUT2D eigenvalue weighted by molar-refractivity contribution is -0.119. The van der Waals surface area contributed by atoms with E-state index in [-0.39, 0.29) is 17.9 Å². The fourth-order valence-corrected chi connectivity index (χ4v) is 3.70. The van der Waals surface area contributed by atoms with Gasteiger partial charge in [0.15, 0.2) is 0 Å². The van der Waals surface area contributed by atoms with Crippen molar-refractivity contribution in [1.82, 2.24) is 4.90 Å². The van der Waals surface area contributed by atoms with Gasteiger partial charge < -0.3 is 14.5 Å². The van der Waals surface area contributed by atoms with Crippen LogP contribution < -0.4 is 9.64 Å². The van der Waals surface area contributed by atoms with Gasteiger partial charge in [-0.25, -0.2) is 0 Å². The van der Waals surface area contributed by atoms with E-state index in [0.29, 0.717) is 18.5 Å². The maximum atomic E-state index is 13.1. The number of anilines is 1. The van der Waals surface area contributed by atoms with E-state index in [1.165, 1.54) is 0 Å². The predicted molar refractivity (Wildman–Crippen MR) is 111 cm³/mol. The normalized spacial score (nSPS) is 15.2. The van der Waals surface area contributed by atoms with E-state index >= 15 is 0 Å². The molecule has 5 heteroatoms. The van der Waals surface area contributed by atoms with Crippen molar-refractivity contribution in [2.45, 2.75) is 39.2 Å². The average molecular weight is 380 g/mol. The minimum Gasteiger partial charge on any atom is -0.497 e. The van der Waals surface area contributed by atoms with Crippen molar-refractivity contribution in [2.75, 3.05) is 25.1 Å². The van der Waals surface area contributed by atoms with Gasteiger partial charge >= 0.3 is 0 Å². The first-order valence-corrected chi connectivity index (χ1v) is 9.90. The van der Waals surface area contributed by atoms with Gasteiger partial charge in [-0.3, -0.25) is 9.59 Å². The molecule has 1 unspecified atom stereocenters. The third kappa shape index (κ3) is 4.19. The van der Waals surface area contributed by atoms with Crippen LogP contribution in [0.15, 0.2) is 48.5 Å². The molecule has 1 aliphatic rings. The van der Waals surface area contributed by atoms with Gasteiger partial charge in [0.2, 0.25) is 5.91 Å². The maximum Gasteiger partial charge on any atom is 0.254 e. The number of hydrogen-bond acceptors (Lipinski definition) is 3. The molecule has 0 bridgehead atoms. The van der Waals surface area contributed by atoms with Crippen LogP contribution in [0.25, 0.3) is 0 Å². The maximum absolute atomic E-state index is 13.1. The van der Waals surface area contributed by atoms with Crippen molar-refractivity contribution in [3.8, 4) is 5.75 Å². The molecular formula is C23H28N2O3. The molecule has 2 aromatic rings. The molecule has 2 amide bonds. The van der Waals surface area contributed by atoms with E-state index in [0.717, 1.165) is 36.4 Å². The van der Waals surface area contributed by atoms with E-state index in [2.05, 4.69) is 0 Å². The topological polar surface area (TPSA) is 49.9 Å². The lowest BCUT2D eigenvalue weighted by atomic mass is 10.0. The zero-order chi connectivity index (χ0) is 20.1. The first-order valence-electron chi connectivity index (χ1n) is 9.90. The molecule has 28 heavy (non-hydrogen) atoms. The number of nitrogens with zero attached hydrogens (tertiary/aromatic N) is 2. The van der Waals surface area contributed by atoms with Crippen molar-refractivity contribution in [3.05, 3.63) is 59.7 Å². The molecule has 1 aliphatic heterocycles. The number of ether oxygens (including phenoxy) is 1. The molecule has 0 saturated carbocycles. The zero-order valence-electron chi connectivity index (χ0n) is 16.9. The quantitative estimate of drug-likeness (QED) is 0.745. The molecule has 0 aliphatic carbocycles. The Morgan fingerprint density at radius 3 is 2.57 bits per heavy atom. The Morgan fingerprint density at radius 1 is 1.18 bits per heavy atom. The standard InChI is InChI=1S/C23H28N2O3/c1-4-24(17(2)19-8-7-9-21(16-19)28-3)23(27)18-11-13-20(14-12-18)25-15-6-5-10-22(25)26/h7-9,11-14,16-17H,4-6,10,15H2,1-3H3. The molecule has 3 rings (SSSR count). The molecule has 1 atom stereocenters. The highest BCUT2D eigenvalue weighted by atomic mass is 16.5. The Kier molecular flexibility index (Phi) is 6.34. The smallest absolute Gasteiger partial charge is 0.254 e. The Balaban J connectivity index is 1.77. The molecule has 0 aromatic heterocycles. The number of rotatable bonds is 6. The van der Waals surface area contributed by atoms with E-state index in [4.69, 9.17) is 4.74 Å². The summed E-state index contributed by atoms with van der Waals surface area (Å²) in [5, 5.41) is 0. The molecule has 2 aromatic carbocycles. The lowest BCUT2D eigenvalue weighted by Gasteiger charge is -2.29. The number of amides is 2. The van der Waals surface area contributed by atoms with E-state index in [1.54, 1.807) is 7.11 Å². The summed E-state index contributed by atoms with van der Waals surface area (Å²) >= 11 is 0. The second kappa shape index (κ2) is 8.91. The number of methoxy groups -OCH3 is 1. The average Bonchev–Trinajstić information content (AvgIpc) is 2.74. The van der Waals surface area contributed by atoms with Gasteiger partial charge in [-0.2, -0.15) is 0 Å². The lowest BCUT2D eigenvalue weighted by Crippen LogP contribution is -2.35. The monoisotopic (exact) mass is 380 g/mol. The predicted octanol–water partition coefficient (Wildman–Crippen LogP) is 4.44. The van der Waals surface area contributed by atoms with Crippen LogP contribution in [0.1, 0.15) is 55.1 Å². The van der Waals surface area contributed by atoms with Crippen LogP contribution in [0.4, 0.5) is 5.69 Å². The van der Waals surface area contributed by atoms with Gasteiger partial charge in [0.1, 0.15) is 5.75 Å². The van der Waals surface area contributed by atoms with Gasteiger partial charge in [-0.05, 0) is 68.7 Å². The fraction of sp³-hybridized carbons (Fsp3) is 0.391. The van der Waals surface area contributed by atoms with E-state index < -0.39 is 0 Å². The van der Waals surface area contributed by atoms with Crippen LogP contribution >= 0.6 is 0 Å². The summed E-state index contributed by atoms with van der Waals surface area (Å²) in [6.07, 6.45) is 2.58. The van der Waals surface area contributed by atoms with Crippen LogP contribution in [0.3, 0.4) is 0 Å². The second-order valence-electron chi connectivity index (χ2n) is 7.09. The fourth-order valence-electron chi connectivity index (χ4n) is 3.70. The summed E-state index contributed by atoms with van der Waals surface area (Å²) in [5.74, 6) is 0.921.